The lowest BCUT2D eigenvalue weighted by molar-refractivity contribution is 0.0994. The van der Waals surface area contributed by atoms with Crippen LogP contribution in [-0.4, -0.2) is 75.6 Å². The third kappa shape index (κ3) is 5.18. The number of ether oxygens (including phenoxy) is 2. The molecule has 3 aliphatic rings. The monoisotopic (exact) mass is 721 g/mol. The number of methoxy groups -OCH3 is 1. The number of thiophene rings is 1. The Balaban J connectivity index is 1.34. The van der Waals surface area contributed by atoms with Gasteiger partial charge in [-0.1, -0.05) is 6.07 Å². The number of nitrogens with two attached hydrogens (primary N) is 2. The number of halogens is 4. The molecule has 17 heteroatoms. The third-order valence-electron chi connectivity index (χ3n) is 10.1. The van der Waals surface area contributed by atoms with E-state index < -0.39 is 46.4 Å². The molecule has 2 fully saturated rings. The molecular weight excluding hydrogens is 690 g/mol. The summed E-state index contributed by atoms with van der Waals surface area (Å²) < 4.78 is 77.0. The number of anilines is 2. The SMILES string of the molecule is COc1c(F)c(-c2ccc(F)c3sc(N)c(C#N)c23)c(F)c2nc(OC[C@@]34CCCN3C[C@H](F)C4)nc(N3CCCn4nc(C(N)=O)cc4C3)c12. The zero-order valence-electron chi connectivity index (χ0n) is 27.3. The predicted octanol–water partition coefficient (Wildman–Crippen LogP) is 5.05. The van der Waals surface area contributed by atoms with Gasteiger partial charge in [0.05, 0.1) is 46.1 Å². The Morgan fingerprint density at radius 2 is 1.98 bits per heavy atom. The first-order valence-electron chi connectivity index (χ1n) is 16.3. The average Bonchev–Trinajstić information content (AvgIpc) is 3.82. The molecule has 3 aromatic heterocycles. The summed E-state index contributed by atoms with van der Waals surface area (Å²) in [5, 5.41) is 14.0. The molecule has 0 unspecified atom stereocenters. The van der Waals surface area contributed by atoms with Crippen LogP contribution in [0.3, 0.4) is 0 Å². The predicted molar refractivity (Wildman–Crippen MR) is 181 cm³/mol. The van der Waals surface area contributed by atoms with Gasteiger partial charge in [-0.2, -0.15) is 20.3 Å². The minimum Gasteiger partial charge on any atom is -0.493 e. The number of hydrogen-bond acceptors (Lipinski definition) is 11. The van der Waals surface area contributed by atoms with Gasteiger partial charge in [0.15, 0.2) is 17.4 Å². The Kier molecular flexibility index (Phi) is 7.91. The van der Waals surface area contributed by atoms with Crippen LogP contribution < -0.4 is 25.8 Å². The summed E-state index contributed by atoms with van der Waals surface area (Å²) in [5.41, 5.74) is 10.4. The number of amides is 1. The number of aromatic nitrogens is 4. The molecule has 1 amide bonds. The molecule has 4 N–H and O–H groups in total. The van der Waals surface area contributed by atoms with Crippen molar-refractivity contribution >= 4 is 49.1 Å². The first-order valence-corrected chi connectivity index (χ1v) is 17.2. The van der Waals surface area contributed by atoms with Gasteiger partial charge in [0, 0.05) is 31.4 Å². The molecule has 2 aromatic carbocycles. The van der Waals surface area contributed by atoms with E-state index >= 15 is 8.78 Å². The van der Waals surface area contributed by atoms with Gasteiger partial charge in [-0.05, 0) is 43.5 Å². The van der Waals surface area contributed by atoms with Gasteiger partial charge in [-0.15, -0.1) is 11.3 Å². The van der Waals surface area contributed by atoms with Gasteiger partial charge in [0.25, 0.3) is 5.91 Å². The number of nitriles is 1. The van der Waals surface area contributed by atoms with Crippen LogP contribution in [0.5, 0.6) is 11.8 Å². The van der Waals surface area contributed by atoms with Crippen molar-refractivity contribution in [2.24, 2.45) is 5.73 Å². The van der Waals surface area contributed by atoms with Gasteiger partial charge in [-0.3, -0.25) is 14.4 Å². The fraction of sp³-hybridized carbons (Fsp3) is 0.382. The molecule has 0 radical (unpaired) electrons. The second-order valence-corrected chi connectivity index (χ2v) is 14.1. The van der Waals surface area contributed by atoms with E-state index in [-0.39, 0.29) is 74.2 Å². The van der Waals surface area contributed by atoms with Crippen LogP contribution in [-0.2, 0) is 13.1 Å². The summed E-state index contributed by atoms with van der Waals surface area (Å²) in [6, 6.07) is 5.50. The highest BCUT2D eigenvalue weighted by Gasteiger charge is 2.49. The number of rotatable bonds is 7. The van der Waals surface area contributed by atoms with E-state index in [2.05, 4.69) is 15.0 Å². The molecule has 51 heavy (non-hydrogen) atoms. The molecule has 2 atom stereocenters. The van der Waals surface area contributed by atoms with Crippen molar-refractivity contribution in [1.29, 1.82) is 5.26 Å². The topological polar surface area (TPSA) is 161 Å². The van der Waals surface area contributed by atoms with E-state index in [1.54, 1.807) is 15.6 Å². The second-order valence-electron chi connectivity index (χ2n) is 13.1. The van der Waals surface area contributed by atoms with Crippen molar-refractivity contribution in [3.05, 3.63) is 52.6 Å². The van der Waals surface area contributed by atoms with Crippen molar-refractivity contribution in [3.8, 4) is 29.0 Å². The van der Waals surface area contributed by atoms with Crippen LogP contribution >= 0.6 is 11.3 Å². The number of benzene rings is 2. The number of nitrogen functional groups attached to an aromatic ring is 1. The van der Waals surface area contributed by atoms with Crippen molar-refractivity contribution in [2.75, 3.05) is 44.0 Å². The van der Waals surface area contributed by atoms with E-state index in [0.29, 0.717) is 38.2 Å². The molecule has 8 rings (SSSR count). The van der Waals surface area contributed by atoms with Crippen LogP contribution in [0.4, 0.5) is 28.4 Å². The van der Waals surface area contributed by atoms with Gasteiger partial charge in [0.2, 0.25) is 0 Å². The van der Waals surface area contributed by atoms with E-state index in [4.69, 9.17) is 25.9 Å². The number of nitrogens with zero attached hydrogens (tertiary/aromatic N) is 7. The highest BCUT2D eigenvalue weighted by molar-refractivity contribution is 7.23. The fourth-order valence-corrected chi connectivity index (χ4v) is 8.83. The molecular formula is C34H31F4N9O3S. The molecule has 2 saturated heterocycles. The number of alkyl halides is 1. The number of aryl methyl sites for hydroxylation is 1. The Labute approximate surface area is 292 Å². The highest BCUT2D eigenvalue weighted by atomic mass is 32.1. The van der Waals surface area contributed by atoms with Crippen LogP contribution in [0.1, 0.15) is 47.4 Å². The average molecular weight is 722 g/mol. The molecule has 5 aromatic rings. The number of carbonyl (C=O) groups excluding carboxylic acids is 1. The van der Waals surface area contributed by atoms with E-state index in [1.165, 1.54) is 13.2 Å². The molecule has 0 aliphatic carbocycles. The lowest BCUT2D eigenvalue weighted by Crippen LogP contribution is -2.43. The van der Waals surface area contributed by atoms with Crippen molar-refractivity contribution in [1.82, 2.24) is 24.6 Å². The second kappa shape index (κ2) is 12.2. The van der Waals surface area contributed by atoms with Crippen molar-refractivity contribution < 1.29 is 31.8 Å². The smallest absolute Gasteiger partial charge is 0.319 e. The lowest BCUT2D eigenvalue weighted by Gasteiger charge is -2.31. The molecule has 264 valence electrons. The largest absolute Gasteiger partial charge is 0.493 e. The lowest BCUT2D eigenvalue weighted by atomic mass is 9.95. The van der Waals surface area contributed by atoms with Crippen molar-refractivity contribution in [2.45, 2.75) is 50.5 Å². The summed E-state index contributed by atoms with van der Waals surface area (Å²) in [6.45, 7) is 1.97. The minimum atomic E-state index is -1.13. The third-order valence-corrected chi connectivity index (χ3v) is 11.2. The van der Waals surface area contributed by atoms with Crippen molar-refractivity contribution in [3.63, 3.8) is 0 Å². The van der Waals surface area contributed by atoms with Crippen LogP contribution in [0, 0.1) is 28.8 Å². The standard InChI is InChI=1S/C34H31F4N9O3S/c1-49-28-24-27(25(37)23(26(28)38)18-4-5-20(36)29-22(18)19(12-39)31(41)51-29)42-33(50-15-34-6-2-8-46(34)13-16(35)11-34)43-32(24)45-7-3-9-47-17(14-45)10-21(44-47)30(40)48/h4-5,10,16H,2-3,6-9,11,13-15,41H2,1H3,(H2,40,48)/t16-,34+/m1/s1. The number of hydrogen-bond donors (Lipinski definition) is 2. The Bertz CT molecular complexity index is 2310. The molecule has 0 saturated carbocycles. The Morgan fingerprint density at radius 3 is 2.75 bits per heavy atom. The van der Waals surface area contributed by atoms with Gasteiger partial charge < -0.3 is 25.8 Å². The molecule has 6 heterocycles. The van der Waals surface area contributed by atoms with Gasteiger partial charge in [0.1, 0.15) is 46.7 Å². The first-order chi connectivity index (χ1) is 24.5. The van der Waals surface area contributed by atoms with Crippen LogP contribution in [0.25, 0.3) is 32.1 Å². The number of carbonyl (C=O) groups is 1. The van der Waals surface area contributed by atoms with E-state index in [0.717, 1.165) is 30.4 Å². The summed E-state index contributed by atoms with van der Waals surface area (Å²) in [4.78, 5) is 24.9. The molecule has 0 spiro atoms. The van der Waals surface area contributed by atoms with Crippen LogP contribution in [0.15, 0.2) is 18.2 Å². The Morgan fingerprint density at radius 1 is 1.16 bits per heavy atom. The maximum atomic E-state index is 17.2. The number of fused-ring (bicyclic) bond motifs is 4. The summed E-state index contributed by atoms with van der Waals surface area (Å²) in [6.07, 6.45) is 1.34. The van der Waals surface area contributed by atoms with Gasteiger partial charge >= 0.3 is 6.01 Å². The normalized spacial score (nSPS) is 20.4. The fourth-order valence-electron chi connectivity index (χ4n) is 7.88. The van der Waals surface area contributed by atoms with Crippen LogP contribution in [0.2, 0.25) is 0 Å². The quantitative estimate of drug-likeness (QED) is 0.218. The minimum absolute atomic E-state index is 0.00428. The van der Waals surface area contributed by atoms with E-state index in [9.17, 15) is 18.8 Å². The highest BCUT2D eigenvalue weighted by Crippen LogP contribution is 2.48. The summed E-state index contributed by atoms with van der Waals surface area (Å²) >= 11 is 0.798. The molecule has 12 nitrogen and oxygen atoms in total. The molecule has 3 aliphatic heterocycles. The Hall–Kier alpha value is -5.21. The van der Waals surface area contributed by atoms with E-state index in [1.807, 2.05) is 6.07 Å². The maximum absolute atomic E-state index is 17.2. The zero-order chi connectivity index (χ0) is 35.8. The summed E-state index contributed by atoms with van der Waals surface area (Å²) in [7, 11) is 1.22. The maximum Gasteiger partial charge on any atom is 0.319 e. The summed E-state index contributed by atoms with van der Waals surface area (Å²) in [5.74, 6) is -3.96. The first kappa shape index (κ1) is 33.0. The zero-order valence-corrected chi connectivity index (χ0v) is 28.1. The number of primary amides is 1. The molecule has 0 bridgehead atoms. The van der Waals surface area contributed by atoms with Gasteiger partial charge in [-0.25, -0.2) is 17.6 Å².